The van der Waals surface area contributed by atoms with Crippen molar-refractivity contribution in [2.45, 2.75) is 67.7 Å². The normalized spacial score (nSPS) is 34.4. The van der Waals surface area contributed by atoms with Crippen molar-refractivity contribution in [1.29, 1.82) is 0 Å². The van der Waals surface area contributed by atoms with Crippen LogP contribution in [0.15, 0.2) is 42.5 Å². The quantitative estimate of drug-likeness (QED) is 0.677. The molecule has 2 aromatic carbocycles. The maximum Gasteiger partial charge on any atom is 0.253 e. The van der Waals surface area contributed by atoms with Gasteiger partial charge in [0.2, 0.25) is 0 Å². The third kappa shape index (κ3) is 3.00. The smallest absolute Gasteiger partial charge is 0.253 e. The summed E-state index contributed by atoms with van der Waals surface area (Å²) >= 11 is 0. The number of likely N-dealkylation sites (tertiary alicyclic amines) is 1. The first kappa shape index (κ1) is 23.1. The third-order valence-corrected chi connectivity index (χ3v) is 9.57. The van der Waals surface area contributed by atoms with Crippen molar-refractivity contribution in [1.82, 2.24) is 9.80 Å². The molecule has 2 aromatic rings. The molecule has 0 radical (unpaired) electrons. The van der Waals surface area contributed by atoms with Crippen LogP contribution < -0.4 is 4.74 Å². The van der Waals surface area contributed by atoms with E-state index in [1.807, 2.05) is 48.3 Å². The summed E-state index contributed by atoms with van der Waals surface area (Å²) < 4.78 is 6.60. The van der Waals surface area contributed by atoms with Gasteiger partial charge in [0.1, 0.15) is 6.10 Å². The van der Waals surface area contributed by atoms with Crippen molar-refractivity contribution in [2.24, 2.45) is 5.92 Å². The molecule has 7 rings (SSSR count). The van der Waals surface area contributed by atoms with Gasteiger partial charge in [0, 0.05) is 30.8 Å². The molecule has 6 nitrogen and oxygen atoms in total. The number of phenols is 1. The van der Waals surface area contributed by atoms with Crippen molar-refractivity contribution in [2.75, 3.05) is 20.1 Å². The van der Waals surface area contributed by atoms with E-state index >= 15 is 0 Å². The first-order chi connectivity index (χ1) is 16.4. The molecule has 1 saturated heterocycles. The van der Waals surface area contributed by atoms with Gasteiger partial charge in [-0.3, -0.25) is 9.69 Å². The lowest BCUT2D eigenvalue weighted by atomic mass is 9.48. The van der Waals surface area contributed by atoms with Gasteiger partial charge in [0.05, 0.1) is 17.1 Å². The number of piperidine rings is 1. The number of aliphatic hydroxyl groups is 1. The van der Waals surface area contributed by atoms with E-state index in [0.717, 1.165) is 37.4 Å². The van der Waals surface area contributed by atoms with Gasteiger partial charge in [0.25, 0.3) is 5.91 Å². The van der Waals surface area contributed by atoms with E-state index in [0.29, 0.717) is 24.2 Å². The van der Waals surface area contributed by atoms with Crippen LogP contribution >= 0.6 is 12.4 Å². The highest BCUT2D eigenvalue weighted by molar-refractivity contribution is 5.94. The van der Waals surface area contributed by atoms with Crippen molar-refractivity contribution in [3.63, 3.8) is 0 Å². The molecule has 0 unspecified atom stereocenters. The number of hydrogen-bond donors (Lipinski definition) is 2. The number of nitrogens with zero attached hydrogens (tertiary/aromatic N) is 2. The van der Waals surface area contributed by atoms with Gasteiger partial charge in [-0.25, -0.2) is 0 Å². The maximum atomic E-state index is 13.4. The third-order valence-electron chi connectivity index (χ3n) is 9.57. The van der Waals surface area contributed by atoms with Gasteiger partial charge in [-0.2, -0.15) is 0 Å². The number of amides is 1. The number of ether oxygens (including phenoxy) is 1. The van der Waals surface area contributed by atoms with Crippen molar-refractivity contribution in [3.05, 3.63) is 59.2 Å². The fourth-order valence-electron chi connectivity index (χ4n) is 7.79. The number of rotatable bonds is 4. The monoisotopic (exact) mass is 496 g/mol. The summed E-state index contributed by atoms with van der Waals surface area (Å²) in [6, 6.07) is 13.0. The van der Waals surface area contributed by atoms with Crippen molar-refractivity contribution < 1.29 is 19.7 Å². The second-order valence-corrected chi connectivity index (χ2v) is 11.2. The molecule has 0 aromatic heterocycles. The molecule has 1 amide bonds. The molecule has 1 spiro atoms. The van der Waals surface area contributed by atoms with Crippen LogP contribution in [0.4, 0.5) is 0 Å². The van der Waals surface area contributed by atoms with Crippen LogP contribution in [-0.4, -0.2) is 69.8 Å². The first-order valence-corrected chi connectivity index (χ1v) is 12.7. The number of phenolic OH excluding ortho intramolecular Hbond substituents is 1. The summed E-state index contributed by atoms with van der Waals surface area (Å²) in [5, 5.41) is 23.3. The fraction of sp³-hybridized carbons (Fsp3) is 0.536. The number of halogens is 1. The van der Waals surface area contributed by atoms with E-state index in [-0.39, 0.29) is 42.3 Å². The number of carbonyl (C=O) groups excluding carboxylic acids is 1. The predicted molar refractivity (Wildman–Crippen MR) is 134 cm³/mol. The van der Waals surface area contributed by atoms with Crippen molar-refractivity contribution >= 4 is 18.3 Å². The molecule has 186 valence electrons. The zero-order valence-corrected chi connectivity index (χ0v) is 20.8. The second-order valence-electron chi connectivity index (χ2n) is 11.2. The van der Waals surface area contributed by atoms with E-state index < -0.39 is 11.0 Å². The van der Waals surface area contributed by atoms with Gasteiger partial charge >= 0.3 is 0 Å². The molecule has 5 atom stereocenters. The van der Waals surface area contributed by atoms with Gasteiger partial charge in [-0.05, 0) is 74.8 Å². The van der Waals surface area contributed by atoms with E-state index in [4.69, 9.17) is 4.74 Å². The Balaban J connectivity index is 0.00000229. The van der Waals surface area contributed by atoms with E-state index in [2.05, 4.69) is 4.90 Å². The summed E-state index contributed by atoms with van der Waals surface area (Å²) in [5.41, 5.74) is 1.32. The van der Waals surface area contributed by atoms with E-state index in [1.165, 1.54) is 18.4 Å². The van der Waals surface area contributed by atoms with Gasteiger partial charge in [-0.15, -0.1) is 12.4 Å². The summed E-state index contributed by atoms with van der Waals surface area (Å²) in [4.78, 5) is 17.8. The number of carbonyl (C=O) groups is 1. The zero-order chi connectivity index (χ0) is 23.2. The molecule has 2 aliphatic heterocycles. The van der Waals surface area contributed by atoms with Crippen LogP contribution in [0.5, 0.6) is 11.5 Å². The summed E-state index contributed by atoms with van der Waals surface area (Å²) in [5.74, 6) is 1.40. The predicted octanol–water partition coefficient (Wildman–Crippen LogP) is 3.52. The van der Waals surface area contributed by atoms with E-state index in [9.17, 15) is 15.0 Å². The minimum Gasteiger partial charge on any atom is -0.504 e. The number of aromatic hydroxyl groups is 1. The Morgan fingerprint density at radius 1 is 1.14 bits per heavy atom. The standard InChI is InChI=1S/C28H32N2O4.ClH/c1-29(26(32)18-5-3-2-4-6-18)20-11-12-28(33)22-15-19-9-10-21(31)24-23(19)27(28,25(20)34-24)13-14-30(22)16-17-7-8-17;/h2-6,9-10,17,20,22,25,31,33H,7-8,11-16H2,1H3;1H/t20-,22+,25-,27-,28+;/m0./s1. The molecule has 3 fully saturated rings. The molecule has 7 heteroatoms. The molecule has 2 N–H and O–H groups in total. The highest BCUT2D eigenvalue weighted by Crippen LogP contribution is 2.66. The lowest BCUT2D eigenvalue weighted by Gasteiger charge is -2.64. The second kappa shape index (κ2) is 7.86. The lowest BCUT2D eigenvalue weighted by Crippen LogP contribution is -2.78. The Hall–Kier alpha value is -2.28. The zero-order valence-electron chi connectivity index (χ0n) is 20.0. The number of benzene rings is 2. The summed E-state index contributed by atoms with van der Waals surface area (Å²) in [7, 11) is 1.86. The molecule has 5 aliphatic rings. The van der Waals surface area contributed by atoms with E-state index in [1.54, 1.807) is 6.07 Å². The Labute approximate surface area is 212 Å². The number of hydrogen-bond acceptors (Lipinski definition) is 5. The first-order valence-electron chi connectivity index (χ1n) is 12.7. The summed E-state index contributed by atoms with van der Waals surface area (Å²) in [6.07, 6.45) is 5.08. The Kier molecular flexibility index (Phi) is 5.20. The lowest BCUT2D eigenvalue weighted by molar-refractivity contribution is -0.197. The Morgan fingerprint density at radius 2 is 1.91 bits per heavy atom. The highest BCUT2D eigenvalue weighted by atomic mass is 35.5. The maximum absolute atomic E-state index is 13.4. The molecular weight excluding hydrogens is 464 g/mol. The van der Waals surface area contributed by atoms with Crippen molar-refractivity contribution in [3.8, 4) is 11.5 Å². The van der Waals surface area contributed by atoms with Crippen LogP contribution in [0.2, 0.25) is 0 Å². The van der Waals surface area contributed by atoms with Crippen LogP contribution in [0, 0.1) is 5.92 Å². The van der Waals surface area contributed by atoms with Gasteiger partial charge in [-0.1, -0.05) is 24.3 Å². The highest BCUT2D eigenvalue weighted by Gasteiger charge is 2.73. The Morgan fingerprint density at radius 3 is 2.66 bits per heavy atom. The van der Waals surface area contributed by atoms with Crippen LogP contribution in [0.1, 0.15) is 53.6 Å². The molecular formula is C28H33ClN2O4. The SMILES string of the molecule is CN(C(=O)c1ccccc1)[C@H]1CC[C@@]2(O)[C@H]3Cc4ccc(O)c5c4[C@@]2(CCN3CC2CC2)[C@H]1O5.Cl. The average Bonchev–Trinajstić information content (AvgIpc) is 3.59. The minimum atomic E-state index is -0.927. The largest absolute Gasteiger partial charge is 0.504 e. The van der Waals surface area contributed by atoms with Crippen LogP contribution in [0.25, 0.3) is 0 Å². The number of likely N-dealkylation sites (N-methyl/N-ethyl adjacent to an activating group) is 1. The van der Waals surface area contributed by atoms with Crippen LogP contribution in [0.3, 0.4) is 0 Å². The molecule has 2 bridgehead atoms. The molecule has 2 heterocycles. The Bertz CT molecular complexity index is 1170. The van der Waals surface area contributed by atoms with Crippen LogP contribution in [-0.2, 0) is 11.8 Å². The summed E-state index contributed by atoms with van der Waals surface area (Å²) in [6.45, 7) is 1.98. The van der Waals surface area contributed by atoms with Gasteiger partial charge < -0.3 is 19.8 Å². The van der Waals surface area contributed by atoms with Gasteiger partial charge in [0.15, 0.2) is 11.5 Å². The molecule has 3 aliphatic carbocycles. The molecule has 35 heavy (non-hydrogen) atoms. The fourth-order valence-corrected chi connectivity index (χ4v) is 7.79. The topological polar surface area (TPSA) is 73.2 Å². The average molecular weight is 497 g/mol. The minimum absolute atomic E-state index is 0. The molecule has 2 saturated carbocycles.